The summed E-state index contributed by atoms with van der Waals surface area (Å²) in [5.74, 6) is -3.51. The van der Waals surface area contributed by atoms with Crippen LogP contribution < -0.4 is 20.4 Å². The smallest absolute Gasteiger partial charge is 0.871 e. The molecule has 76 heavy (non-hydrogen) atoms. The second-order valence-corrected chi connectivity index (χ2v) is 20.9. The van der Waals surface area contributed by atoms with Crippen LogP contribution >= 0.6 is 92.8 Å². The van der Waals surface area contributed by atoms with Crippen molar-refractivity contribution < 1.29 is 84.5 Å². The van der Waals surface area contributed by atoms with Crippen molar-refractivity contribution >= 4 is 92.8 Å². The van der Waals surface area contributed by atoms with E-state index < -0.39 is 35.7 Å². The number of piperidine rings is 2. The van der Waals surface area contributed by atoms with Crippen LogP contribution in [0.4, 0.5) is 0 Å². The quantitative estimate of drug-likeness (QED) is 0.0651. The molecule has 4 heterocycles. The maximum Gasteiger partial charge on any atom is 2.00 e. The topological polar surface area (TPSA) is 234 Å². The summed E-state index contributed by atoms with van der Waals surface area (Å²) in [5.41, 5.74) is 1.61. The maximum atomic E-state index is 13.2. The van der Waals surface area contributed by atoms with Crippen molar-refractivity contribution in [1.82, 2.24) is 28.9 Å². The summed E-state index contributed by atoms with van der Waals surface area (Å²) < 4.78 is 27.3. The monoisotopic (exact) mass is 1300 g/mol. The van der Waals surface area contributed by atoms with Crippen LogP contribution in [0.5, 0.6) is 23.0 Å². The zero-order chi connectivity index (χ0) is 52.1. The van der Waals surface area contributed by atoms with E-state index in [1.807, 2.05) is 21.5 Å². The van der Waals surface area contributed by atoms with Gasteiger partial charge in [0.05, 0.1) is 12.7 Å². The van der Waals surface area contributed by atoms with Crippen molar-refractivity contribution in [3.8, 4) is 23.0 Å². The van der Waals surface area contributed by atoms with E-state index >= 15 is 0 Å². The normalized spacial score (nSPS) is 19.0. The fraction of sp³-hybridized carbons (Fsp3) is 0.400. The largest absolute Gasteiger partial charge is 2.00 e. The molecule has 2 aliphatic rings. The van der Waals surface area contributed by atoms with Crippen LogP contribution in [-0.4, -0.2) is 93.0 Å². The first-order chi connectivity index (χ1) is 34.3. The minimum absolute atomic E-state index is 0. The molecule has 16 nitrogen and oxygen atoms in total. The molecule has 2 radical (unpaired) electrons. The molecule has 0 aliphatic carbocycles. The van der Waals surface area contributed by atoms with Gasteiger partial charge in [0.25, 0.3) is 0 Å². The number of likely N-dealkylation sites (tertiary alicyclic amines) is 2. The number of rotatable bonds is 16. The molecule has 2 aliphatic heterocycles. The summed E-state index contributed by atoms with van der Waals surface area (Å²) in [6.45, 7) is 2.45. The van der Waals surface area contributed by atoms with E-state index in [0.717, 1.165) is 0 Å². The van der Waals surface area contributed by atoms with Crippen LogP contribution in [0.25, 0.3) is 0 Å². The SMILES string of the molecule is COC1(OC)C[C@H](c2cc(Cl)cc(Cl)c2[O-])N(CCCn2ccnc2)[C@H](c2cc(Cl)cc(Cl)c2[O-])C1.COC1(OC)C[C@H](c2cc(Cl)cc(Cl)c2[O-])N(CCCn2ccnc2)[C@H](c2cc(Cl)cc(Cl)c2[O-])C1.O.O.[Cu+2].[Cu+2]. The minimum Gasteiger partial charge on any atom is -0.871 e. The number of nitrogens with zero attached hydrogens (tertiary/aromatic N) is 6. The molecule has 4 atom stereocenters. The molecule has 0 unspecified atom stereocenters. The number of imidazole rings is 2. The second-order valence-electron chi connectivity index (χ2n) is 17.5. The molecule has 8 rings (SSSR count). The van der Waals surface area contributed by atoms with Crippen LogP contribution in [0.3, 0.4) is 0 Å². The van der Waals surface area contributed by atoms with Crippen LogP contribution in [0.2, 0.25) is 40.2 Å². The molecule has 4 N–H and O–H groups in total. The van der Waals surface area contributed by atoms with E-state index in [9.17, 15) is 20.4 Å². The Kier molecular flexibility index (Phi) is 26.6. The van der Waals surface area contributed by atoms with E-state index in [0.29, 0.717) is 107 Å². The predicted molar refractivity (Wildman–Crippen MR) is 281 cm³/mol. The van der Waals surface area contributed by atoms with Crippen molar-refractivity contribution in [2.45, 2.75) is 87.4 Å². The predicted octanol–water partition coefficient (Wildman–Crippen LogP) is 9.55. The van der Waals surface area contributed by atoms with Crippen molar-refractivity contribution in [2.75, 3.05) is 41.5 Å². The van der Waals surface area contributed by atoms with Gasteiger partial charge in [-0.1, -0.05) is 116 Å². The number of methoxy groups -OCH3 is 4. The van der Waals surface area contributed by atoms with Gasteiger partial charge in [0.2, 0.25) is 0 Å². The van der Waals surface area contributed by atoms with E-state index in [2.05, 4.69) is 19.8 Å². The van der Waals surface area contributed by atoms with Crippen molar-refractivity contribution in [2.24, 2.45) is 0 Å². The summed E-state index contributed by atoms with van der Waals surface area (Å²) in [4.78, 5) is 12.4. The van der Waals surface area contributed by atoms with Gasteiger partial charge in [0.1, 0.15) is 0 Å². The fourth-order valence-electron chi connectivity index (χ4n) is 9.88. The summed E-state index contributed by atoms with van der Waals surface area (Å²) in [5, 5.41) is 54.3. The van der Waals surface area contributed by atoms with E-state index in [-0.39, 0.29) is 88.2 Å². The van der Waals surface area contributed by atoms with Crippen LogP contribution in [0, 0.1) is 0 Å². The molecule has 2 saturated heterocycles. The first-order valence-electron chi connectivity index (χ1n) is 22.6. The Bertz CT molecular complexity index is 2480. The fourth-order valence-corrected chi connectivity index (χ4v) is 11.9. The molecule has 0 bridgehead atoms. The van der Waals surface area contributed by atoms with Gasteiger partial charge in [-0.15, -0.1) is 0 Å². The van der Waals surface area contributed by atoms with Gasteiger partial charge in [0.15, 0.2) is 11.6 Å². The molecule has 6 aromatic rings. The van der Waals surface area contributed by atoms with Crippen LogP contribution in [0.15, 0.2) is 86.0 Å². The average Bonchev–Trinajstić information content (AvgIpc) is 4.09. The first kappa shape index (κ1) is 67.8. The van der Waals surface area contributed by atoms with Crippen LogP contribution in [-0.2, 0) is 66.2 Å². The number of benzene rings is 4. The van der Waals surface area contributed by atoms with Gasteiger partial charge in [-0.25, -0.2) is 9.97 Å². The molecule has 422 valence electrons. The second kappa shape index (κ2) is 29.8. The van der Waals surface area contributed by atoms with E-state index in [1.54, 1.807) is 77.8 Å². The molecule has 0 amide bonds. The first-order valence-corrected chi connectivity index (χ1v) is 25.7. The summed E-state index contributed by atoms with van der Waals surface area (Å²) in [6, 6.07) is 10.1. The number of halogens is 8. The summed E-state index contributed by atoms with van der Waals surface area (Å²) in [6.07, 6.45) is 13.4. The van der Waals surface area contributed by atoms with Gasteiger partial charge < -0.3 is 59.5 Å². The number of aromatic nitrogens is 4. The Balaban J connectivity index is 0.000000380. The standard InChI is InChI=1S/2C25H27Cl4N3O4.2Cu.2H2O/c2*1-35-25(36-2)12-21(17-8-15(26)10-19(28)23(17)33)32(6-3-5-31-7-4-30-14-31)22(13-25)18-9-16(27)11-20(29)24(18)34;;;;/h2*4,7-11,14,21-22,33-34H,3,5-6,12-13H2,1-2H3;;;2*1H2/q;;2*+2;;/p-4/t2*21-,22+;;;;. The molecule has 2 aromatic heterocycles. The van der Waals surface area contributed by atoms with E-state index in [4.69, 9.17) is 112 Å². The van der Waals surface area contributed by atoms with Gasteiger partial charge in [-0.3, -0.25) is 9.80 Å². The van der Waals surface area contributed by atoms with Gasteiger partial charge in [-0.05, 0) is 83.6 Å². The Labute approximate surface area is 502 Å². The van der Waals surface area contributed by atoms with Crippen molar-refractivity contribution in [3.05, 3.63) is 148 Å². The molecule has 0 saturated carbocycles. The molecule has 4 aromatic carbocycles. The molecule has 0 spiro atoms. The van der Waals surface area contributed by atoms with Gasteiger partial charge in [0, 0.05) is 169 Å². The molecular weight excluding hydrogens is 1260 g/mol. The molecule has 2 fully saturated rings. The number of hydrogen-bond donors (Lipinski definition) is 0. The van der Waals surface area contributed by atoms with Crippen molar-refractivity contribution in [1.29, 1.82) is 0 Å². The molecular formula is C50H54Cl8Cu2N6O10. The van der Waals surface area contributed by atoms with E-state index in [1.165, 1.54) is 24.3 Å². The number of aryl methyl sites for hydroxylation is 2. The van der Waals surface area contributed by atoms with Crippen molar-refractivity contribution in [3.63, 3.8) is 0 Å². The zero-order valence-corrected chi connectivity index (χ0v) is 49.0. The Morgan fingerprint density at radius 2 is 0.697 bits per heavy atom. The Hall–Kier alpha value is -2.46. The third kappa shape index (κ3) is 15.5. The summed E-state index contributed by atoms with van der Waals surface area (Å²) >= 11 is 50.3. The van der Waals surface area contributed by atoms with Gasteiger partial charge >= 0.3 is 34.1 Å². The third-order valence-electron chi connectivity index (χ3n) is 13.5. The minimum atomic E-state index is -1.08. The third-order valence-corrected chi connectivity index (χ3v) is 15.5. The Morgan fingerprint density at radius 3 is 0.908 bits per heavy atom. The Morgan fingerprint density at radius 1 is 0.447 bits per heavy atom. The number of hydrogen-bond acceptors (Lipinski definition) is 12. The van der Waals surface area contributed by atoms with Crippen LogP contribution in [0.1, 0.15) is 84.9 Å². The van der Waals surface area contributed by atoms with Gasteiger partial charge in [-0.2, -0.15) is 0 Å². The molecule has 26 heteroatoms. The summed E-state index contributed by atoms with van der Waals surface area (Å²) in [7, 11) is 6.16. The maximum absolute atomic E-state index is 13.2. The zero-order valence-electron chi connectivity index (χ0n) is 41.0. The average molecular weight is 1310 g/mol. The number of ether oxygens (including phenoxy) is 4.